The number of fused-ring (bicyclic) bond motifs is 4. The van der Waals surface area contributed by atoms with Gasteiger partial charge in [0, 0.05) is 48.9 Å². The van der Waals surface area contributed by atoms with Gasteiger partial charge in [-0.15, -0.1) is 12.4 Å². The maximum atomic E-state index is 13.3. The van der Waals surface area contributed by atoms with Crippen molar-refractivity contribution in [2.75, 3.05) is 48.8 Å². The monoisotopic (exact) mass is 596 g/mol. The van der Waals surface area contributed by atoms with Crippen molar-refractivity contribution in [2.24, 2.45) is 0 Å². The smallest absolute Gasteiger partial charge is 0.237 e. The third kappa shape index (κ3) is 4.55. The second kappa shape index (κ2) is 10.1. The highest BCUT2D eigenvalue weighted by molar-refractivity contribution is 7.93. The van der Waals surface area contributed by atoms with Crippen LogP contribution in [0, 0.1) is 0 Å². The molecule has 11 heteroatoms. The standard InChI is InChI=1S/C30H36N6O3S.ClH/c1-34(2)21-9-13-36(14-10-21)28-25(33-40(38,39)22-6-7-22)16-20(17-32-28)19-5-8-24-23(15-19)27-26(18-31-24)35(3)29(37)30(27)11-4-12-30;/h5,8,15-18,21-22,33H,4,6-7,9-14H2,1-3H3;1H. The number of rotatable bonds is 6. The molecule has 3 aromatic rings. The van der Waals surface area contributed by atoms with Gasteiger partial charge in [0.05, 0.1) is 33.8 Å². The Morgan fingerprint density at radius 1 is 1.00 bits per heavy atom. The lowest BCUT2D eigenvalue weighted by Crippen LogP contribution is -2.43. The van der Waals surface area contributed by atoms with E-state index in [4.69, 9.17) is 4.98 Å². The highest BCUT2D eigenvalue weighted by Gasteiger charge is 2.54. The Balaban J connectivity index is 0.00000302. The molecular weight excluding hydrogens is 560 g/mol. The molecule has 2 aliphatic carbocycles. The summed E-state index contributed by atoms with van der Waals surface area (Å²) in [6.07, 6.45) is 9.84. The van der Waals surface area contributed by atoms with E-state index >= 15 is 0 Å². The second-order valence-electron chi connectivity index (χ2n) is 12.2. The van der Waals surface area contributed by atoms with E-state index in [1.54, 1.807) is 4.90 Å². The SMILES string of the molecule is CN1C(=O)C2(CCC2)c2c1cnc1ccc(-c3cnc(N4CCC(N(C)C)CC4)c(NS(=O)(=O)C4CC4)c3)cc21.Cl. The van der Waals surface area contributed by atoms with Gasteiger partial charge in [-0.1, -0.05) is 12.5 Å². The van der Waals surface area contributed by atoms with Crippen LogP contribution in [-0.4, -0.2) is 74.7 Å². The lowest BCUT2D eigenvalue weighted by Gasteiger charge is -2.37. The van der Waals surface area contributed by atoms with E-state index < -0.39 is 15.4 Å². The Morgan fingerprint density at radius 3 is 2.37 bits per heavy atom. The molecule has 0 atom stereocenters. The molecule has 218 valence electrons. The summed E-state index contributed by atoms with van der Waals surface area (Å²) in [4.78, 5) is 29.0. The van der Waals surface area contributed by atoms with Gasteiger partial charge in [0.25, 0.3) is 0 Å². The molecule has 0 bridgehead atoms. The van der Waals surface area contributed by atoms with Gasteiger partial charge in [-0.25, -0.2) is 13.4 Å². The Hall–Kier alpha value is -2.95. The molecule has 0 radical (unpaired) electrons. The summed E-state index contributed by atoms with van der Waals surface area (Å²) in [5, 5.41) is 0.661. The molecule has 0 unspecified atom stereocenters. The topological polar surface area (TPSA) is 98.7 Å². The fourth-order valence-electron chi connectivity index (χ4n) is 6.80. The van der Waals surface area contributed by atoms with Gasteiger partial charge in [0.15, 0.2) is 5.82 Å². The van der Waals surface area contributed by atoms with Crippen LogP contribution < -0.4 is 14.5 Å². The van der Waals surface area contributed by atoms with Crippen LogP contribution in [0.15, 0.2) is 36.7 Å². The minimum atomic E-state index is -3.47. The zero-order valence-electron chi connectivity index (χ0n) is 23.8. The third-order valence-corrected chi connectivity index (χ3v) is 11.4. The zero-order valence-corrected chi connectivity index (χ0v) is 25.4. The molecule has 3 fully saturated rings. The van der Waals surface area contributed by atoms with Crippen molar-refractivity contribution in [2.45, 2.75) is 61.7 Å². The van der Waals surface area contributed by atoms with E-state index in [1.807, 2.05) is 37.6 Å². The van der Waals surface area contributed by atoms with Crippen LogP contribution in [0.3, 0.4) is 0 Å². The number of carbonyl (C=O) groups is 1. The molecule has 2 aromatic heterocycles. The van der Waals surface area contributed by atoms with Gasteiger partial charge in [0.1, 0.15) is 0 Å². The van der Waals surface area contributed by atoms with Crippen molar-refractivity contribution in [3.63, 3.8) is 0 Å². The van der Waals surface area contributed by atoms with Crippen molar-refractivity contribution in [3.05, 3.63) is 42.2 Å². The van der Waals surface area contributed by atoms with Gasteiger partial charge in [-0.3, -0.25) is 14.5 Å². The first-order valence-corrected chi connectivity index (χ1v) is 15.9. The number of amides is 1. The third-order valence-electron chi connectivity index (χ3n) is 9.52. The number of benzene rings is 1. The Labute approximate surface area is 247 Å². The van der Waals surface area contributed by atoms with Gasteiger partial charge >= 0.3 is 0 Å². The molecule has 2 aliphatic heterocycles. The molecule has 4 aliphatic rings. The summed E-state index contributed by atoms with van der Waals surface area (Å²) in [5.74, 6) is 0.850. The average Bonchev–Trinajstić information content (AvgIpc) is 3.75. The second-order valence-corrected chi connectivity index (χ2v) is 14.1. The molecule has 4 heterocycles. The number of likely N-dealkylation sites (N-methyl/N-ethyl adjacent to an activating group) is 1. The predicted molar refractivity (Wildman–Crippen MR) is 166 cm³/mol. The van der Waals surface area contributed by atoms with Crippen LogP contribution in [0.2, 0.25) is 0 Å². The van der Waals surface area contributed by atoms with Crippen LogP contribution in [0.4, 0.5) is 17.2 Å². The van der Waals surface area contributed by atoms with Crippen molar-refractivity contribution in [1.82, 2.24) is 14.9 Å². The summed E-state index contributed by atoms with van der Waals surface area (Å²) in [6, 6.07) is 8.54. The molecule has 7 rings (SSSR count). The Bertz CT molecular complexity index is 1630. The van der Waals surface area contributed by atoms with Gasteiger partial charge in [-0.05, 0) is 76.4 Å². The van der Waals surface area contributed by atoms with Crippen molar-refractivity contribution >= 4 is 56.4 Å². The number of anilines is 3. The number of piperidine rings is 1. The number of halogens is 1. The molecular formula is C30H37ClN6O3S. The Morgan fingerprint density at radius 2 is 1.73 bits per heavy atom. The number of hydrogen-bond donors (Lipinski definition) is 1. The van der Waals surface area contributed by atoms with Gasteiger partial charge in [-0.2, -0.15) is 0 Å². The summed E-state index contributed by atoms with van der Waals surface area (Å²) >= 11 is 0. The fourth-order valence-corrected chi connectivity index (χ4v) is 8.18. The maximum absolute atomic E-state index is 13.3. The zero-order chi connectivity index (χ0) is 27.8. The van der Waals surface area contributed by atoms with Gasteiger partial charge in [0.2, 0.25) is 15.9 Å². The van der Waals surface area contributed by atoms with E-state index in [0.29, 0.717) is 30.4 Å². The lowest BCUT2D eigenvalue weighted by molar-refractivity contribution is -0.125. The van der Waals surface area contributed by atoms with Gasteiger partial charge < -0.3 is 14.7 Å². The molecule has 1 saturated heterocycles. The Kier molecular flexibility index (Phi) is 6.94. The highest BCUT2D eigenvalue weighted by atomic mass is 35.5. The lowest BCUT2D eigenvalue weighted by atomic mass is 9.64. The minimum Gasteiger partial charge on any atom is -0.355 e. The van der Waals surface area contributed by atoms with E-state index in [9.17, 15) is 13.2 Å². The van der Waals surface area contributed by atoms with Crippen LogP contribution in [-0.2, 0) is 20.2 Å². The van der Waals surface area contributed by atoms with Crippen molar-refractivity contribution in [1.29, 1.82) is 0 Å². The van der Waals surface area contributed by atoms with Crippen LogP contribution in [0.25, 0.3) is 22.0 Å². The molecule has 41 heavy (non-hydrogen) atoms. The highest BCUT2D eigenvalue weighted by Crippen LogP contribution is 2.55. The summed E-state index contributed by atoms with van der Waals surface area (Å²) in [7, 11) is 2.59. The van der Waals surface area contributed by atoms with Crippen molar-refractivity contribution < 1.29 is 13.2 Å². The number of sulfonamides is 1. The minimum absolute atomic E-state index is 0. The first kappa shape index (κ1) is 28.2. The number of pyridine rings is 2. The number of aromatic nitrogens is 2. The van der Waals surface area contributed by atoms with E-state index in [-0.39, 0.29) is 23.6 Å². The quantitative estimate of drug-likeness (QED) is 0.446. The molecule has 1 amide bonds. The van der Waals surface area contributed by atoms with E-state index in [0.717, 1.165) is 78.5 Å². The average molecular weight is 597 g/mol. The van der Waals surface area contributed by atoms with Crippen LogP contribution >= 0.6 is 12.4 Å². The number of nitrogens with one attached hydrogen (secondary N) is 1. The predicted octanol–water partition coefficient (Wildman–Crippen LogP) is 4.55. The number of hydrogen-bond acceptors (Lipinski definition) is 7. The molecule has 1 aromatic carbocycles. The van der Waals surface area contributed by atoms with Crippen LogP contribution in [0.1, 0.15) is 50.5 Å². The van der Waals surface area contributed by atoms with E-state index in [1.165, 1.54) is 0 Å². The largest absolute Gasteiger partial charge is 0.355 e. The summed E-state index contributed by atoms with van der Waals surface area (Å²) < 4.78 is 29.0. The molecule has 1 spiro atoms. The molecule has 9 nitrogen and oxygen atoms in total. The summed E-state index contributed by atoms with van der Waals surface area (Å²) in [6.45, 7) is 1.65. The molecule has 1 N–H and O–H groups in total. The van der Waals surface area contributed by atoms with Crippen molar-refractivity contribution in [3.8, 4) is 11.1 Å². The molecule has 2 saturated carbocycles. The summed E-state index contributed by atoms with van der Waals surface area (Å²) in [5.41, 5.74) is 4.68. The maximum Gasteiger partial charge on any atom is 0.237 e. The number of carbonyl (C=O) groups excluding carboxylic acids is 1. The normalized spacial score (nSPS) is 20.3. The first-order chi connectivity index (χ1) is 19.2. The number of nitrogens with zero attached hydrogens (tertiary/aromatic N) is 5. The van der Waals surface area contributed by atoms with Crippen LogP contribution in [0.5, 0.6) is 0 Å². The first-order valence-electron chi connectivity index (χ1n) is 14.3. The van der Waals surface area contributed by atoms with E-state index in [2.05, 4.69) is 39.7 Å². The fraction of sp³-hybridized carbons (Fsp3) is 0.500.